The van der Waals surface area contributed by atoms with E-state index in [4.69, 9.17) is 10.5 Å². The van der Waals surface area contributed by atoms with Gasteiger partial charge in [-0.25, -0.2) is 0 Å². The van der Waals surface area contributed by atoms with Crippen LogP contribution in [0.2, 0.25) is 0 Å². The number of ether oxygens (including phenoxy) is 1. The topological polar surface area (TPSA) is 38.5 Å². The molecule has 3 heteroatoms. The number of hydrogen-bond acceptors (Lipinski definition) is 3. The van der Waals surface area contributed by atoms with Crippen LogP contribution in [0.15, 0.2) is 24.3 Å². The number of likely N-dealkylation sites (N-methyl/N-ethyl adjacent to an activating group) is 1. The molecule has 1 aromatic rings. The molecule has 0 saturated heterocycles. The first-order chi connectivity index (χ1) is 8.10. The van der Waals surface area contributed by atoms with Crippen LogP contribution in [0, 0.1) is 0 Å². The van der Waals surface area contributed by atoms with Crippen LogP contribution in [0.5, 0.6) is 0 Å². The molecule has 1 atom stereocenters. The van der Waals surface area contributed by atoms with Gasteiger partial charge in [0.05, 0.1) is 6.61 Å². The van der Waals surface area contributed by atoms with Gasteiger partial charge in [-0.2, -0.15) is 0 Å². The smallest absolute Gasteiger partial charge is 0.0713 e. The molecule has 1 unspecified atom stereocenters. The van der Waals surface area contributed by atoms with E-state index in [0.29, 0.717) is 19.2 Å². The summed E-state index contributed by atoms with van der Waals surface area (Å²) in [5.74, 6) is 0. The predicted octanol–water partition coefficient (Wildman–Crippen LogP) is 2.17. The van der Waals surface area contributed by atoms with E-state index in [1.807, 2.05) is 0 Å². The van der Waals surface area contributed by atoms with E-state index < -0.39 is 0 Å². The van der Waals surface area contributed by atoms with E-state index in [0.717, 1.165) is 0 Å². The summed E-state index contributed by atoms with van der Waals surface area (Å²) in [6, 6.07) is 9.22. The zero-order chi connectivity index (χ0) is 12.8. The van der Waals surface area contributed by atoms with E-state index in [1.54, 1.807) is 7.11 Å². The van der Waals surface area contributed by atoms with Crippen LogP contribution in [0.25, 0.3) is 0 Å². The fourth-order valence-electron chi connectivity index (χ4n) is 1.95. The van der Waals surface area contributed by atoms with Crippen molar-refractivity contribution >= 4 is 0 Å². The Labute approximate surface area is 105 Å². The monoisotopic (exact) mass is 236 g/mol. The van der Waals surface area contributed by atoms with E-state index in [9.17, 15) is 0 Å². The second-order valence-electron chi connectivity index (χ2n) is 4.69. The number of benzene rings is 1. The van der Waals surface area contributed by atoms with E-state index >= 15 is 0 Å². The molecule has 3 nitrogen and oxygen atoms in total. The average molecular weight is 236 g/mol. The predicted molar refractivity (Wildman–Crippen MR) is 71.8 cm³/mol. The van der Waals surface area contributed by atoms with Crippen molar-refractivity contribution in [3.63, 3.8) is 0 Å². The average Bonchev–Trinajstić information content (AvgIpc) is 2.30. The van der Waals surface area contributed by atoms with Crippen molar-refractivity contribution < 1.29 is 4.74 Å². The third kappa shape index (κ3) is 3.80. The van der Waals surface area contributed by atoms with Crippen molar-refractivity contribution in [3.05, 3.63) is 35.4 Å². The minimum Gasteiger partial charge on any atom is -0.380 e. The second-order valence-corrected chi connectivity index (χ2v) is 4.69. The highest BCUT2D eigenvalue weighted by atomic mass is 16.5. The quantitative estimate of drug-likeness (QED) is 0.822. The first-order valence-electron chi connectivity index (χ1n) is 6.10. The zero-order valence-corrected chi connectivity index (χ0v) is 11.3. The Bertz CT molecular complexity index is 339. The number of hydrogen-bond donors (Lipinski definition) is 1. The van der Waals surface area contributed by atoms with Crippen LogP contribution in [-0.4, -0.2) is 31.6 Å². The third-order valence-electron chi connectivity index (χ3n) is 3.18. The lowest BCUT2D eigenvalue weighted by atomic mass is 10.0. The van der Waals surface area contributed by atoms with Crippen molar-refractivity contribution in [2.24, 2.45) is 5.73 Å². The Morgan fingerprint density at radius 2 is 2.06 bits per heavy atom. The van der Waals surface area contributed by atoms with Crippen LogP contribution in [0.4, 0.5) is 0 Å². The lowest BCUT2D eigenvalue weighted by Gasteiger charge is -2.31. The third-order valence-corrected chi connectivity index (χ3v) is 3.18. The lowest BCUT2D eigenvalue weighted by Crippen LogP contribution is -2.35. The summed E-state index contributed by atoms with van der Waals surface area (Å²) in [5, 5.41) is 0. The summed E-state index contributed by atoms with van der Waals surface area (Å²) in [6.45, 7) is 5.64. The molecule has 0 aliphatic carbocycles. The molecule has 0 bridgehead atoms. The van der Waals surface area contributed by atoms with Crippen molar-refractivity contribution in [2.45, 2.75) is 32.5 Å². The molecule has 0 heterocycles. The van der Waals surface area contributed by atoms with E-state index in [-0.39, 0.29) is 6.04 Å². The molecular weight excluding hydrogens is 212 g/mol. The van der Waals surface area contributed by atoms with Gasteiger partial charge in [-0.3, -0.25) is 4.90 Å². The molecule has 17 heavy (non-hydrogen) atoms. The van der Waals surface area contributed by atoms with Crippen LogP contribution in [0.1, 0.15) is 31.0 Å². The van der Waals surface area contributed by atoms with Gasteiger partial charge in [0.2, 0.25) is 0 Å². The normalized spacial score (nSPS) is 13.4. The van der Waals surface area contributed by atoms with Gasteiger partial charge in [0, 0.05) is 25.7 Å². The maximum absolute atomic E-state index is 5.89. The summed E-state index contributed by atoms with van der Waals surface area (Å²) in [5.41, 5.74) is 8.35. The molecule has 2 N–H and O–H groups in total. The number of nitrogens with two attached hydrogens (primary N) is 1. The summed E-state index contributed by atoms with van der Waals surface area (Å²) in [4.78, 5) is 2.30. The molecule has 96 valence electrons. The summed E-state index contributed by atoms with van der Waals surface area (Å²) < 4.78 is 5.16. The Morgan fingerprint density at radius 1 is 1.35 bits per heavy atom. The molecule has 1 rings (SSSR count). The molecule has 0 amide bonds. The largest absolute Gasteiger partial charge is 0.380 e. The summed E-state index contributed by atoms with van der Waals surface area (Å²) >= 11 is 0. The van der Waals surface area contributed by atoms with Crippen molar-refractivity contribution in [3.8, 4) is 0 Å². The maximum Gasteiger partial charge on any atom is 0.0713 e. The molecule has 0 saturated carbocycles. The molecule has 0 aliphatic heterocycles. The fourth-order valence-corrected chi connectivity index (χ4v) is 1.95. The van der Waals surface area contributed by atoms with Gasteiger partial charge in [0.15, 0.2) is 0 Å². The van der Waals surface area contributed by atoms with E-state index in [1.165, 1.54) is 11.1 Å². The van der Waals surface area contributed by atoms with Gasteiger partial charge in [0.25, 0.3) is 0 Å². The minimum atomic E-state index is 0.270. The number of rotatable bonds is 6. The van der Waals surface area contributed by atoms with Crippen LogP contribution in [0.3, 0.4) is 0 Å². The highest BCUT2D eigenvalue weighted by Crippen LogP contribution is 2.21. The zero-order valence-electron chi connectivity index (χ0n) is 11.3. The molecule has 0 fully saturated rings. The number of nitrogens with zero attached hydrogens (tertiary/aromatic N) is 1. The maximum atomic E-state index is 5.89. The first-order valence-corrected chi connectivity index (χ1v) is 6.10. The van der Waals surface area contributed by atoms with Gasteiger partial charge in [-0.05, 0) is 32.0 Å². The van der Waals surface area contributed by atoms with Gasteiger partial charge in [0.1, 0.15) is 0 Å². The fraction of sp³-hybridized carbons (Fsp3) is 0.571. The minimum absolute atomic E-state index is 0.270. The Balaban J connectivity index is 2.91. The number of methoxy groups -OCH3 is 1. The van der Waals surface area contributed by atoms with Gasteiger partial charge in [-0.15, -0.1) is 0 Å². The Hall–Kier alpha value is -0.900. The highest BCUT2D eigenvalue weighted by Gasteiger charge is 2.17. The molecule has 0 aliphatic rings. The van der Waals surface area contributed by atoms with Crippen LogP contribution >= 0.6 is 0 Å². The van der Waals surface area contributed by atoms with Crippen LogP contribution < -0.4 is 5.73 Å². The Kier molecular flexibility index (Phi) is 5.62. The molecular formula is C14H24N2O. The highest BCUT2D eigenvalue weighted by molar-refractivity contribution is 5.26. The van der Waals surface area contributed by atoms with Crippen molar-refractivity contribution in [1.82, 2.24) is 4.90 Å². The van der Waals surface area contributed by atoms with E-state index in [2.05, 4.69) is 50.1 Å². The Morgan fingerprint density at radius 3 is 2.59 bits per heavy atom. The molecule has 1 aromatic carbocycles. The molecule has 0 aromatic heterocycles. The lowest BCUT2D eigenvalue weighted by molar-refractivity contribution is 0.183. The van der Waals surface area contributed by atoms with Crippen LogP contribution in [-0.2, 0) is 11.3 Å². The van der Waals surface area contributed by atoms with Gasteiger partial charge in [-0.1, -0.05) is 24.3 Å². The summed E-state index contributed by atoms with van der Waals surface area (Å²) in [7, 11) is 3.83. The van der Waals surface area contributed by atoms with Crippen molar-refractivity contribution in [2.75, 3.05) is 20.7 Å². The first kappa shape index (κ1) is 14.2. The molecule has 0 spiro atoms. The standard InChI is InChI=1S/C14H24N2O/c1-11(2)16(3)14(9-15)13-7-5-6-12(8-13)10-17-4/h5-8,11,14H,9-10,15H2,1-4H3. The van der Waals surface area contributed by atoms with Gasteiger partial charge < -0.3 is 10.5 Å². The van der Waals surface area contributed by atoms with Gasteiger partial charge >= 0.3 is 0 Å². The second kappa shape index (κ2) is 6.74. The summed E-state index contributed by atoms with van der Waals surface area (Å²) in [6.07, 6.45) is 0. The molecule has 0 radical (unpaired) electrons. The SMILES string of the molecule is COCc1cccc(C(CN)N(C)C(C)C)c1. The van der Waals surface area contributed by atoms with Crippen molar-refractivity contribution in [1.29, 1.82) is 0 Å².